The zero-order valence-electron chi connectivity index (χ0n) is 17.4. The Hall–Kier alpha value is -2.26. The van der Waals surface area contributed by atoms with E-state index in [1.807, 2.05) is 13.0 Å². The summed E-state index contributed by atoms with van der Waals surface area (Å²) in [6.07, 6.45) is 0. The smallest absolute Gasteiger partial charge is 0.290 e. The fraction of sp³-hybridized carbons (Fsp3) is 0.409. The molecule has 3 heterocycles. The highest BCUT2D eigenvalue weighted by atomic mass is 35.5. The Bertz CT molecular complexity index is 1050. The Balaban J connectivity index is 1.71. The van der Waals surface area contributed by atoms with Crippen LogP contribution in [0.25, 0.3) is 0 Å². The third-order valence-electron chi connectivity index (χ3n) is 5.62. The van der Waals surface area contributed by atoms with Crippen LogP contribution in [0.5, 0.6) is 0 Å². The average Bonchev–Trinajstić information content (AvgIpc) is 3.23. The van der Waals surface area contributed by atoms with Gasteiger partial charge >= 0.3 is 0 Å². The standard InChI is InChI=1S/C22H24ClN3O4S/c1-13-21(31-14(2)24-13)19(27)17-18(15-5-3-4-6-16(15)23)26(22(29)20(17)28)8-7-25-9-11-30-12-10-25/h3-6,18,28H,7-12H2,1-2H3. The van der Waals surface area contributed by atoms with Crippen molar-refractivity contribution in [2.75, 3.05) is 39.4 Å². The van der Waals surface area contributed by atoms with Gasteiger partial charge in [-0.2, -0.15) is 0 Å². The number of nitrogens with zero attached hydrogens (tertiary/aromatic N) is 3. The molecule has 1 aromatic heterocycles. The first-order valence-electron chi connectivity index (χ1n) is 10.2. The number of carbonyl (C=O) groups excluding carboxylic acids is 2. The first-order chi connectivity index (χ1) is 14.9. The molecule has 0 aliphatic carbocycles. The van der Waals surface area contributed by atoms with Gasteiger partial charge in [-0.25, -0.2) is 4.98 Å². The Kier molecular flexibility index (Phi) is 6.43. The molecule has 4 rings (SSSR count). The number of aryl methyl sites for hydroxylation is 2. The molecule has 2 aliphatic rings. The van der Waals surface area contributed by atoms with Crippen LogP contribution in [0.15, 0.2) is 35.6 Å². The monoisotopic (exact) mass is 461 g/mol. The summed E-state index contributed by atoms with van der Waals surface area (Å²) in [7, 11) is 0. The summed E-state index contributed by atoms with van der Waals surface area (Å²) in [6.45, 7) is 7.42. The molecule has 7 nitrogen and oxygen atoms in total. The van der Waals surface area contributed by atoms with E-state index in [2.05, 4.69) is 9.88 Å². The minimum absolute atomic E-state index is 0.0619. The van der Waals surface area contributed by atoms with Crippen LogP contribution >= 0.6 is 22.9 Å². The van der Waals surface area contributed by atoms with E-state index in [1.54, 1.807) is 30.0 Å². The number of amides is 1. The SMILES string of the molecule is Cc1nc(C)c(C(=O)C2=C(O)C(=O)N(CCN3CCOCC3)C2c2ccccc2Cl)s1. The van der Waals surface area contributed by atoms with E-state index in [-0.39, 0.29) is 11.4 Å². The molecule has 1 fully saturated rings. The predicted octanol–water partition coefficient (Wildman–Crippen LogP) is 3.32. The number of aliphatic hydroxyl groups is 1. The highest BCUT2D eigenvalue weighted by molar-refractivity contribution is 7.14. The summed E-state index contributed by atoms with van der Waals surface area (Å²) >= 11 is 7.74. The first-order valence-corrected chi connectivity index (χ1v) is 11.3. The zero-order valence-corrected chi connectivity index (χ0v) is 19.0. The van der Waals surface area contributed by atoms with E-state index < -0.39 is 17.7 Å². The number of thiazole rings is 1. The van der Waals surface area contributed by atoms with Crippen LogP contribution in [0.4, 0.5) is 0 Å². The Morgan fingerprint density at radius 3 is 2.61 bits per heavy atom. The molecule has 2 aliphatic heterocycles. The number of halogens is 1. The molecular formula is C22H24ClN3O4S. The minimum Gasteiger partial charge on any atom is -0.503 e. The van der Waals surface area contributed by atoms with Gasteiger partial charge in [-0.05, 0) is 25.5 Å². The van der Waals surface area contributed by atoms with Crippen LogP contribution in [0, 0.1) is 13.8 Å². The Labute approximate surface area is 189 Å². The molecule has 2 aromatic rings. The highest BCUT2D eigenvalue weighted by Crippen LogP contribution is 2.42. The fourth-order valence-corrected chi connectivity index (χ4v) is 5.19. The van der Waals surface area contributed by atoms with Crippen molar-refractivity contribution < 1.29 is 19.4 Å². The van der Waals surface area contributed by atoms with E-state index in [1.165, 1.54) is 11.3 Å². The number of aliphatic hydroxyl groups excluding tert-OH is 1. The van der Waals surface area contributed by atoms with Gasteiger partial charge in [-0.3, -0.25) is 14.5 Å². The molecule has 0 saturated carbocycles. The summed E-state index contributed by atoms with van der Waals surface area (Å²) in [5.74, 6) is -1.45. The zero-order chi connectivity index (χ0) is 22.1. The van der Waals surface area contributed by atoms with E-state index >= 15 is 0 Å². The Morgan fingerprint density at radius 1 is 1.26 bits per heavy atom. The lowest BCUT2D eigenvalue weighted by Crippen LogP contribution is -2.43. The second-order valence-electron chi connectivity index (χ2n) is 7.62. The average molecular weight is 462 g/mol. The van der Waals surface area contributed by atoms with Crippen LogP contribution in [-0.2, 0) is 9.53 Å². The number of rotatable bonds is 6. The van der Waals surface area contributed by atoms with E-state index in [0.717, 1.165) is 18.1 Å². The van der Waals surface area contributed by atoms with Crippen molar-refractivity contribution in [2.24, 2.45) is 0 Å². The molecule has 1 atom stereocenters. The third kappa shape index (κ3) is 4.25. The fourth-order valence-electron chi connectivity index (χ4n) is 4.07. The second-order valence-corrected chi connectivity index (χ2v) is 9.23. The van der Waals surface area contributed by atoms with Crippen LogP contribution < -0.4 is 0 Å². The predicted molar refractivity (Wildman–Crippen MR) is 119 cm³/mol. The van der Waals surface area contributed by atoms with E-state index in [4.69, 9.17) is 16.3 Å². The summed E-state index contributed by atoms with van der Waals surface area (Å²) in [4.78, 5) is 35.1. The van der Waals surface area contributed by atoms with Gasteiger partial charge in [0.1, 0.15) is 0 Å². The van der Waals surface area contributed by atoms with Crippen LogP contribution in [-0.4, -0.2) is 71.0 Å². The van der Waals surface area contributed by atoms with Crippen molar-refractivity contribution in [3.05, 3.63) is 61.8 Å². The molecule has 1 unspecified atom stereocenters. The van der Waals surface area contributed by atoms with Gasteiger partial charge in [0.25, 0.3) is 5.91 Å². The first kappa shape index (κ1) is 22.0. The van der Waals surface area contributed by atoms with Gasteiger partial charge in [-0.1, -0.05) is 29.8 Å². The highest BCUT2D eigenvalue weighted by Gasteiger charge is 2.45. The number of morpholine rings is 1. The molecule has 0 radical (unpaired) electrons. The molecule has 1 aromatic carbocycles. The maximum absolute atomic E-state index is 13.5. The maximum atomic E-state index is 13.5. The van der Waals surface area contributed by atoms with Gasteiger partial charge in [0, 0.05) is 31.2 Å². The molecule has 1 amide bonds. The number of carbonyl (C=O) groups is 2. The summed E-state index contributed by atoms with van der Waals surface area (Å²) in [5, 5.41) is 12.0. The van der Waals surface area contributed by atoms with Crippen molar-refractivity contribution in [3.8, 4) is 0 Å². The van der Waals surface area contributed by atoms with Crippen molar-refractivity contribution >= 4 is 34.6 Å². The van der Waals surface area contributed by atoms with Crippen LogP contribution in [0.3, 0.4) is 0 Å². The molecule has 31 heavy (non-hydrogen) atoms. The van der Waals surface area contributed by atoms with Crippen molar-refractivity contribution in [1.29, 1.82) is 0 Å². The van der Waals surface area contributed by atoms with E-state index in [9.17, 15) is 14.7 Å². The number of ether oxygens (including phenoxy) is 1. The number of hydrogen-bond acceptors (Lipinski definition) is 7. The minimum atomic E-state index is -0.753. The van der Waals surface area contributed by atoms with Crippen molar-refractivity contribution in [2.45, 2.75) is 19.9 Å². The van der Waals surface area contributed by atoms with Gasteiger partial charge in [-0.15, -0.1) is 11.3 Å². The lowest BCUT2D eigenvalue weighted by Gasteiger charge is -2.32. The number of Topliss-reactive ketones (excluding diaryl/α,β-unsaturated/α-hetero) is 1. The number of benzene rings is 1. The molecule has 1 saturated heterocycles. The normalized spacial score (nSPS) is 20.0. The van der Waals surface area contributed by atoms with Crippen LogP contribution in [0.2, 0.25) is 5.02 Å². The quantitative estimate of drug-likeness (QED) is 0.664. The lowest BCUT2D eigenvalue weighted by atomic mass is 9.95. The molecule has 9 heteroatoms. The largest absolute Gasteiger partial charge is 0.503 e. The molecule has 1 N–H and O–H groups in total. The van der Waals surface area contributed by atoms with E-state index in [0.29, 0.717) is 47.5 Å². The topological polar surface area (TPSA) is 83.0 Å². The van der Waals surface area contributed by atoms with Gasteiger partial charge in [0.05, 0.1) is 40.4 Å². The summed E-state index contributed by atoms with van der Waals surface area (Å²) in [6, 6.07) is 6.37. The van der Waals surface area contributed by atoms with Crippen molar-refractivity contribution in [1.82, 2.24) is 14.8 Å². The molecular weight excluding hydrogens is 438 g/mol. The summed E-state index contributed by atoms with van der Waals surface area (Å²) in [5.41, 5.74) is 1.27. The van der Waals surface area contributed by atoms with Gasteiger partial charge < -0.3 is 14.7 Å². The third-order valence-corrected chi connectivity index (χ3v) is 7.03. The molecule has 0 spiro atoms. The van der Waals surface area contributed by atoms with Gasteiger partial charge in [0.2, 0.25) is 5.78 Å². The summed E-state index contributed by atoms with van der Waals surface area (Å²) < 4.78 is 5.39. The number of aromatic nitrogens is 1. The van der Waals surface area contributed by atoms with Crippen molar-refractivity contribution in [3.63, 3.8) is 0 Å². The Morgan fingerprint density at radius 2 is 1.97 bits per heavy atom. The second kappa shape index (κ2) is 9.08. The van der Waals surface area contributed by atoms with Crippen LogP contribution in [0.1, 0.15) is 32.0 Å². The van der Waals surface area contributed by atoms with Gasteiger partial charge in [0.15, 0.2) is 5.76 Å². The number of hydrogen-bond donors (Lipinski definition) is 1. The molecule has 164 valence electrons. The lowest BCUT2D eigenvalue weighted by molar-refractivity contribution is -0.129. The maximum Gasteiger partial charge on any atom is 0.290 e. The number of ketones is 1. The molecule has 0 bridgehead atoms.